The number of carbonyl (C=O) groups excluding carboxylic acids is 1. The van der Waals surface area contributed by atoms with E-state index in [1.807, 2.05) is 31.2 Å². The van der Waals surface area contributed by atoms with Gasteiger partial charge in [0.15, 0.2) is 5.82 Å². The minimum Gasteiger partial charge on any atom is -0.337 e. The molecule has 0 aliphatic carbocycles. The molecule has 26 heavy (non-hydrogen) atoms. The number of hydrogen-bond donors (Lipinski definition) is 3. The summed E-state index contributed by atoms with van der Waals surface area (Å²) in [6, 6.07) is 7.13. The van der Waals surface area contributed by atoms with Crippen LogP contribution in [0, 0.1) is 0 Å². The molecule has 0 fully saturated rings. The van der Waals surface area contributed by atoms with E-state index in [1.54, 1.807) is 11.7 Å². The number of aryl methyl sites for hydroxylation is 2. The van der Waals surface area contributed by atoms with Crippen LogP contribution < -0.4 is 10.6 Å². The van der Waals surface area contributed by atoms with E-state index in [2.05, 4.69) is 41.3 Å². The van der Waals surface area contributed by atoms with Crippen molar-refractivity contribution >= 4 is 23.5 Å². The van der Waals surface area contributed by atoms with Crippen molar-refractivity contribution < 1.29 is 4.79 Å². The van der Waals surface area contributed by atoms with Crippen LogP contribution >= 0.6 is 11.8 Å². The molecule has 0 radical (unpaired) electrons. The second-order valence-electron chi connectivity index (χ2n) is 5.35. The SMILES string of the molecule is CCc1nc(-c2cccc(NC(=O)NCCSc3nnnn3C)c2)n[nH]1. The first-order valence-corrected chi connectivity index (χ1v) is 9.06. The number of rotatable bonds is 7. The molecule has 3 N–H and O–H groups in total. The molecule has 10 nitrogen and oxygen atoms in total. The van der Waals surface area contributed by atoms with Gasteiger partial charge in [-0.2, -0.15) is 5.10 Å². The Balaban J connectivity index is 1.49. The van der Waals surface area contributed by atoms with Crippen LogP contribution in [0.3, 0.4) is 0 Å². The van der Waals surface area contributed by atoms with Gasteiger partial charge in [0.2, 0.25) is 5.16 Å². The summed E-state index contributed by atoms with van der Waals surface area (Å²) in [5.74, 6) is 2.10. The Morgan fingerprint density at radius 1 is 1.38 bits per heavy atom. The van der Waals surface area contributed by atoms with E-state index in [0.29, 0.717) is 29.0 Å². The summed E-state index contributed by atoms with van der Waals surface area (Å²) in [5.41, 5.74) is 1.51. The zero-order valence-corrected chi connectivity index (χ0v) is 15.2. The fraction of sp³-hybridized carbons (Fsp3) is 0.333. The number of urea groups is 1. The molecular formula is C15H19N9OS. The second-order valence-corrected chi connectivity index (χ2v) is 6.42. The quantitative estimate of drug-likeness (QED) is 0.423. The molecule has 2 aromatic heterocycles. The third-order valence-electron chi connectivity index (χ3n) is 3.45. The van der Waals surface area contributed by atoms with Crippen molar-refractivity contribution in [2.75, 3.05) is 17.6 Å². The Bertz CT molecular complexity index is 875. The van der Waals surface area contributed by atoms with Gasteiger partial charge in [0.25, 0.3) is 0 Å². The van der Waals surface area contributed by atoms with Gasteiger partial charge in [-0.1, -0.05) is 30.8 Å². The predicted molar refractivity (Wildman–Crippen MR) is 97.7 cm³/mol. The number of aromatic amines is 1. The van der Waals surface area contributed by atoms with Crippen LogP contribution in [-0.4, -0.2) is 53.7 Å². The number of nitrogens with zero attached hydrogens (tertiary/aromatic N) is 6. The maximum Gasteiger partial charge on any atom is 0.319 e. The first kappa shape index (κ1) is 17.9. The summed E-state index contributed by atoms with van der Waals surface area (Å²) in [5, 5.41) is 24.6. The van der Waals surface area contributed by atoms with Gasteiger partial charge in [-0.25, -0.2) is 14.5 Å². The van der Waals surface area contributed by atoms with Crippen molar-refractivity contribution in [2.45, 2.75) is 18.5 Å². The fourth-order valence-corrected chi connectivity index (χ4v) is 2.85. The van der Waals surface area contributed by atoms with Crippen LogP contribution in [-0.2, 0) is 13.5 Å². The summed E-state index contributed by atoms with van der Waals surface area (Å²) in [6.45, 7) is 2.50. The number of amides is 2. The van der Waals surface area contributed by atoms with Crippen LogP contribution in [0.25, 0.3) is 11.4 Å². The molecule has 0 atom stereocenters. The molecule has 2 amide bonds. The molecule has 3 aromatic rings. The number of thioether (sulfide) groups is 1. The number of nitrogens with one attached hydrogen (secondary N) is 3. The lowest BCUT2D eigenvalue weighted by Crippen LogP contribution is -2.30. The highest BCUT2D eigenvalue weighted by atomic mass is 32.2. The highest BCUT2D eigenvalue weighted by Crippen LogP contribution is 2.19. The highest BCUT2D eigenvalue weighted by molar-refractivity contribution is 7.99. The van der Waals surface area contributed by atoms with E-state index >= 15 is 0 Å². The van der Waals surface area contributed by atoms with Gasteiger partial charge in [0.05, 0.1) is 0 Å². The summed E-state index contributed by atoms with van der Waals surface area (Å²) in [7, 11) is 1.77. The minimum absolute atomic E-state index is 0.275. The molecule has 0 spiro atoms. The summed E-state index contributed by atoms with van der Waals surface area (Å²) in [6.07, 6.45) is 0.787. The van der Waals surface area contributed by atoms with E-state index in [-0.39, 0.29) is 6.03 Å². The first-order valence-electron chi connectivity index (χ1n) is 8.07. The number of H-pyrrole nitrogens is 1. The first-order chi connectivity index (χ1) is 12.7. The molecule has 0 unspecified atom stereocenters. The molecule has 11 heteroatoms. The third-order valence-corrected chi connectivity index (χ3v) is 4.46. The van der Waals surface area contributed by atoms with E-state index in [1.165, 1.54) is 11.8 Å². The predicted octanol–water partition coefficient (Wildman–Crippen LogP) is 1.47. The Morgan fingerprint density at radius 2 is 2.27 bits per heavy atom. The Kier molecular flexibility index (Phi) is 5.79. The lowest BCUT2D eigenvalue weighted by molar-refractivity contribution is 0.252. The largest absolute Gasteiger partial charge is 0.337 e. The van der Waals surface area contributed by atoms with Crippen LogP contribution in [0.5, 0.6) is 0 Å². The Labute approximate surface area is 154 Å². The normalized spacial score (nSPS) is 10.7. The molecule has 3 rings (SSSR count). The van der Waals surface area contributed by atoms with Crippen LogP contribution in [0.15, 0.2) is 29.4 Å². The number of carbonyl (C=O) groups is 1. The van der Waals surface area contributed by atoms with Gasteiger partial charge in [0.1, 0.15) is 5.82 Å². The van der Waals surface area contributed by atoms with Crippen molar-refractivity contribution in [3.8, 4) is 11.4 Å². The van der Waals surface area contributed by atoms with Gasteiger partial charge in [-0.3, -0.25) is 5.10 Å². The smallest absolute Gasteiger partial charge is 0.319 e. The van der Waals surface area contributed by atoms with E-state index in [0.717, 1.165) is 17.8 Å². The molecule has 0 saturated carbocycles. The summed E-state index contributed by atoms with van der Waals surface area (Å²) < 4.78 is 1.59. The molecule has 0 saturated heterocycles. The summed E-state index contributed by atoms with van der Waals surface area (Å²) >= 11 is 1.47. The average molecular weight is 373 g/mol. The Hall–Kier alpha value is -2.95. The van der Waals surface area contributed by atoms with Crippen molar-refractivity contribution in [3.63, 3.8) is 0 Å². The summed E-state index contributed by atoms with van der Waals surface area (Å²) in [4.78, 5) is 16.4. The minimum atomic E-state index is -0.275. The monoisotopic (exact) mass is 373 g/mol. The lowest BCUT2D eigenvalue weighted by atomic mass is 10.2. The highest BCUT2D eigenvalue weighted by Gasteiger charge is 2.08. The van der Waals surface area contributed by atoms with Gasteiger partial charge in [0, 0.05) is 37.0 Å². The average Bonchev–Trinajstić information content (AvgIpc) is 3.28. The van der Waals surface area contributed by atoms with Crippen molar-refractivity contribution in [1.29, 1.82) is 0 Å². The second kappa shape index (κ2) is 8.43. The van der Waals surface area contributed by atoms with E-state index in [4.69, 9.17) is 0 Å². The number of hydrogen-bond acceptors (Lipinski definition) is 7. The van der Waals surface area contributed by atoms with E-state index < -0.39 is 0 Å². The zero-order valence-electron chi connectivity index (χ0n) is 14.4. The van der Waals surface area contributed by atoms with Gasteiger partial charge >= 0.3 is 6.03 Å². The van der Waals surface area contributed by atoms with Gasteiger partial charge in [-0.15, -0.1) is 5.10 Å². The molecule has 0 bridgehead atoms. The van der Waals surface area contributed by atoms with Crippen molar-refractivity contribution in [1.82, 2.24) is 40.7 Å². The number of tetrazole rings is 1. The molecule has 0 aliphatic rings. The van der Waals surface area contributed by atoms with Gasteiger partial charge in [-0.05, 0) is 22.6 Å². The molecule has 136 valence electrons. The van der Waals surface area contributed by atoms with Gasteiger partial charge < -0.3 is 10.6 Å². The topological polar surface area (TPSA) is 126 Å². The number of aromatic nitrogens is 7. The maximum absolute atomic E-state index is 12.0. The third kappa shape index (κ3) is 4.57. The molecule has 1 aromatic carbocycles. The van der Waals surface area contributed by atoms with E-state index in [9.17, 15) is 4.79 Å². The lowest BCUT2D eigenvalue weighted by Gasteiger charge is -2.08. The standard InChI is InChI=1S/C15H19N9OS/c1-3-12-18-13(20-19-12)10-5-4-6-11(9-10)17-14(25)16-7-8-26-15-21-22-23-24(15)2/h4-6,9H,3,7-8H2,1-2H3,(H2,16,17,25)(H,18,19,20). The fourth-order valence-electron chi connectivity index (χ4n) is 2.14. The Morgan fingerprint density at radius 3 is 3.00 bits per heavy atom. The maximum atomic E-state index is 12.0. The van der Waals surface area contributed by atoms with Crippen LogP contribution in [0.1, 0.15) is 12.7 Å². The number of benzene rings is 1. The zero-order chi connectivity index (χ0) is 18.4. The van der Waals surface area contributed by atoms with Crippen molar-refractivity contribution in [3.05, 3.63) is 30.1 Å². The van der Waals surface area contributed by atoms with Crippen molar-refractivity contribution in [2.24, 2.45) is 7.05 Å². The van der Waals surface area contributed by atoms with Crippen LogP contribution in [0.2, 0.25) is 0 Å². The molecule has 0 aliphatic heterocycles. The molecule has 2 heterocycles. The van der Waals surface area contributed by atoms with Crippen LogP contribution in [0.4, 0.5) is 10.5 Å². The molecular weight excluding hydrogens is 354 g/mol. The number of anilines is 1.